The van der Waals surface area contributed by atoms with Gasteiger partial charge in [0.2, 0.25) is 6.33 Å². The fraction of sp³-hybridized carbons (Fsp3) is 0.714. The molecule has 0 aliphatic rings. The van der Waals surface area contributed by atoms with Crippen molar-refractivity contribution >= 4 is 5.97 Å². The highest BCUT2D eigenvalue weighted by Gasteiger charge is 2.08. The van der Waals surface area contributed by atoms with Gasteiger partial charge in [-0.1, -0.05) is 13.3 Å². The second-order valence-corrected chi connectivity index (χ2v) is 4.55. The Morgan fingerprint density at radius 1 is 1.15 bits per heavy atom. The van der Waals surface area contributed by atoms with Crippen molar-refractivity contribution in [3.05, 3.63) is 18.7 Å². The van der Waals surface area contributed by atoms with Crippen LogP contribution in [-0.2, 0) is 32.6 Å². The number of aromatic nitrogens is 2. The number of hydrogen-bond acceptors (Lipinski definition) is 4. The van der Waals surface area contributed by atoms with E-state index in [9.17, 15) is 4.79 Å². The molecule has 6 nitrogen and oxygen atoms in total. The van der Waals surface area contributed by atoms with E-state index < -0.39 is 0 Å². The molecule has 1 heterocycles. The molecule has 6 heteroatoms. The van der Waals surface area contributed by atoms with Crippen molar-refractivity contribution < 1.29 is 23.6 Å². The summed E-state index contributed by atoms with van der Waals surface area (Å²) in [6.45, 7) is 4.94. The molecule has 0 bridgehead atoms. The van der Waals surface area contributed by atoms with Crippen LogP contribution in [0.1, 0.15) is 19.8 Å². The van der Waals surface area contributed by atoms with Gasteiger partial charge in [-0.25, -0.2) is 13.9 Å². The lowest BCUT2D eigenvalue weighted by molar-refractivity contribution is -0.685. The van der Waals surface area contributed by atoms with Crippen LogP contribution >= 0.6 is 0 Å². The molecule has 0 aromatic carbocycles. The van der Waals surface area contributed by atoms with Crippen LogP contribution in [0.5, 0.6) is 0 Å². The molecule has 0 radical (unpaired) electrons. The van der Waals surface area contributed by atoms with E-state index in [1.54, 1.807) is 4.57 Å². The average Bonchev–Trinajstić information content (AvgIpc) is 2.82. The van der Waals surface area contributed by atoms with E-state index in [2.05, 4.69) is 6.92 Å². The molecule has 1 aromatic heterocycles. The minimum absolute atomic E-state index is 0.223. The Morgan fingerprint density at radius 2 is 1.85 bits per heavy atom. The first kappa shape index (κ1) is 16.7. The van der Waals surface area contributed by atoms with Crippen molar-refractivity contribution in [3.63, 3.8) is 0 Å². The van der Waals surface area contributed by atoms with Crippen molar-refractivity contribution in [1.29, 1.82) is 0 Å². The predicted molar refractivity (Wildman–Crippen MR) is 73.1 cm³/mol. The van der Waals surface area contributed by atoms with E-state index >= 15 is 0 Å². The van der Waals surface area contributed by atoms with E-state index in [1.807, 2.05) is 30.3 Å². The summed E-state index contributed by atoms with van der Waals surface area (Å²) in [6.07, 6.45) is 7.73. The maximum absolute atomic E-state index is 11.5. The highest BCUT2D eigenvalue weighted by atomic mass is 16.6. The van der Waals surface area contributed by atoms with Gasteiger partial charge < -0.3 is 14.2 Å². The summed E-state index contributed by atoms with van der Waals surface area (Å²) in [6, 6.07) is 0. The zero-order valence-electron chi connectivity index (χ0n) is 12.4. The Bertz CT molecular complexity index is 379. The first-order valence-corrected chi connectivity index (χ1v) is 7.04. The van der Waals surface area contributed by atoms with Gasteiger partial charge in [-0.2, -0.15) is 0 Å². The number of rotatable bonds is 11. The summed E-state index contributed by atoms with van der Waals surface area (Å²) < 4.78 is 19.4. The average molecular weight is 285 g/mol. The van der Waals surface area contributed by atoms with Crippen LogP contribution in [0.2, 0.25) is 0 Å². The fourth-order valence-corrected chi connectivity index (χ4v) is 1.57. The standard InChI is InChI=1S/C14H25N2O4/c1-3-4-7-18-8-9-19-10-11-20-14(17)12-16-6-5-15(2)13-16/h5-6,13H,3-4,7-12H2,1-2H3/q+1. The molecule has 114 valence electrons. The van der Waals surface area contributed by atoms with Crippen molar-refractivity contribution in [2.75, 3.05) is 33.0 Å². The minimum atomic E-state index is -0.260. The van der Waals surface area contributed by atoms with Crippen LogP contribution in [-0.4, -0.2) is 43.6 Å². The maximum Gasteiger partial charge on any atom is 0.348 e. The first-order chi connectivity index (χ1) is 9.72. The topological polar surface area (TPSA) is 53.6 Å². The quantitative estimate of drug-likeness (QED) is 0.341. The van der Waals surface area contributed by atoms with Crippen LogP contribution < -0.4 is 4.57 Å². The molecular formula is C14H25N2O4+. The van der Waals surface area contributed by atoms with Crippen LogP contribution in [0.3, 0.4) is 0 Å². The van der Waals surface area contributed by atoms with Crippen molar-refractivity contribution in [2.24, 2.45) is 7.05 Å². The summed E-state index contributed by atoms with van der Waals surface area (Å²) in [7, 11) is 1.90. The monoisotopic (exact) mass is 285 g/mol. The third kappa shape index (κ3) is 7.91. The van der Waals surface area contributed by atoms with Gasteiger partial charge in [0.1, 0.15) is 19.0 Å². The second kappa shape index (κ2) is 10.4. The first-order valence-electron chi connectivity index (χ1n) is 7.04. The van der Waals surface area contributed by atoms with Gasteiger partial charge in [0.15, 0.2) is 6.54 Å². The van der Waals surface area contributed by atoms with Crippen molar-refractivity contribution in [3.8, 4) is 0 Å². The van der Waals surface area contributed by atoms with Gasteiger partial charge in [-0.15, -0.1) is 0 Å². The molecule has 0 atom stereocenters. The van der Waals surface area contributed by atoms with Crippen molar-refractivity contribution in [2.45, 2.75) is 26.3 Å². The Labute approximate surface area is 120 Å². The van der Waals surface area contributed by atoms with Crippen molar-refractivity contribution in [1.82, 2.24) is 4.57 Å². The summed E-state index contributed by atoms with van der Waals surface area (Å²) in [5.74, 6) is -0.260. The van der Waals surface area contributed by atoms with E-state index in [0.29, 0.717) is 19.8 Å². The highest BCUT2D eigenvalue weighted by Crippen LogP contribution is 1.88. The number of unbranched alkanes of at least 4 members (excludes halogenated alkanes) is 1. The molecule has 0 amide bonds. The number of carbonyl (C=O) groups is 1. The molecule has 1 rings (SSSR count). The second-order valence-electron chi connectivity index (χ2n) is 4.55. The molecule has 1 aromatic rings. The van der Waals surface area contributed by atoms with Crippen LogP contribution in [0.25, 0.3) is 0 Å². The van der Waals surface area contributed by atoms with Gasteiger partial charge in [-0.05, 0) is 6.42 Å². The number of aryl methyl sites for hydroxylation is 1. The summed E-state index contributed by atoms with van der Waals surface area (Å²) in [4.78, 5) is 11.5. The van der Waals surface area contributed by atoms with E-state index in [1.165, 1.54) is 0 Å². The number of hydrogen-bond donors (Lipinski definition) is 0. The highest BCUT2D eigenvalue weighted by molar-refractivity contribution is 5.67. The number of carbonyl (C=O) groups excluding carboxylic acids is 1. The smallest absolute Gasteiger partial charge is 0.348 e. The van der Waals surface area contributed by atoms with Crippen LogP contribution in [0, 0.1) is 0 Å². The Balaban J connectivity index is 1.92. The zero-order valence-corrected chi connectivity index (χ0v) is 12.4. The normalized spacial score (nSPS) is 10.7. The third-order valence-electron chi connectivity index (χ3n) is 2.64. The number of esters is 1. The Kier molecular flexibility index (Phi) is 8.66. The van der Waals surface area contributed by atoms with Gasteiger partial charge in [0.25, 0.3) is 0 Å². The molecule has 0 unspecified atom stereocenters. The zero-order chi connectivity index (χ0) is 14.6. The van der Waals surface area contributed by atoms with Gasteiger partial charge >= 0.3 is 5.97 Å². The molecule has 0 fully saturated rings. The van der Waals surface area contributed by atoms with Crippen LogP contribution in [0.15, 0.2) is 18.7 Å². The molecule has 20 heavy (non-hydrogen) atoms. The Morgan fingerprint density at radius 3 is 2.50 bits per heavy atom. The molecule has 0 saturated carbocycles. The largest absolute Gasteiger partial charge is 0.460 e. The fourth-order valence-electron chi connectivity index (χ4n) is 1.57. The van der Waals surface area contributed by atoms with Gasteiger partial charge in [0, 0.05) is 6.61 Å². The molecule has 0 spiro atoms. The predicted octanol–water partition coefficient (Wildman–Crippen LogP) is 0.689. The van der Waals surface area contributed by atoms with E-state index in [4.69, 9.17) is 14.2 Å². The Hall–Kier alpha value is -1.40. The summed E-state index contributed by atoms with van der Waals surface area (Å²) in [5.41, 5.74) is 0. The number of imidazole rings is 1. The SMILES string of the molecule is CCCCOCCOCCOC(=O)C[n+]1ccn(C)c1. The molecule has 0 saturated heterocycles. The maximum atomic E-state index is 11.5. The molecule has 0 N–H and O–H groups in total. The van der Waals surface area contributed by atoms with Gasteiger partial charge in [-0.3, -0.25) is 0 Å². The number of ether oxygens (including phenoxy) is 3. The minimum Gasteiger partial charge on any atom is -0.460 e. The lowest BCUT2D eigenvalue weighted by Gasteiger charge is -2.06. The lowest BCUT2D eigenvalue weighted by Crippen LogP contribution is -2.36. The molecule has 0 aliphatic heterocycles. The third-order valence-corrected chi connectivity index (χ3v) is 2.64. The summed E-state index contributed by atoms with van der Waals surface area (Å²) in [5, 5.41) is 0. The molecule has 0 aliphatic carbocycles. The number of nitrogens with zero attached hydrogens (tertiary/aromatic N) is 2. The summed E-state index contributed by atoms with van der Waals surface area (Å²) >= 11 is 0. The van der Waals surface area contributed by atoms with E-state index in [0.717, 1.165) is 19.4 Å². The lowest BCUT2D eigenvalue weighted by atomic mass is 10.4. The van der Waals surface area contributed by atoms with Crippen LogP contribution in [0.4, 0.5) is 0 Å². The van der Waals surface area contributed by atoms with Gasteiger partial charge in [0.05, 0.1) is 26.9 Å². The van der Waals surface area contributed by atoms with E-state index in [-0.39, 0.29) is 19.1 Å². The molecular weight excluding hydrogens is 260 g/mol.